The Labute approximate surface area is 197 Å². The molecule has 1 heterocycles. The van der Waals surface area contributed by atoms with E-state index < -0.39 is 0 Å². The van der Waals surface area contributed by atoms with E-state index in [9.17, 15) is 9.59 Å². The molecule has 0 atom stereocenters. The molecular weight excluding hydrogens is 416 g/mol. The van der Waals surface area contributed by atoms with Crippen LogP contribution in [0.4, 0.5) is 0 Å². The summed E-state index contributed by atoms with van der Waals surface area (Å²) in [6.45, 7) is 9.68. The molecule has 3 rings (SSSR count). The highest BCUT2D eigenvalue weighted by atomic mass is 32.1. The van der Waals surface area contributed by atoms with Gasteiger partial charge in [0.15, 0.2) is 0 Å². The molecule has 0 saturated heterocycles. The maximum Gasteiger partial charge on any atom is 0.242 e. The van der Waals surface area contributed by atoms with Gasteiger partial charge < -0.3 is 9.80 Å². The highest BCUT2D eigenvalue weighted by Gasteiger charge is 2.31. The van der Waals surface area contributed by atoms with Crippen molar-refractivity contribution >= 4 is 23.2 Å². The van der Waals surface area contributed by atoms with Gasteiger partial charge in [-0.3, -0.25) is 9.59 Å². The van der Waals surface area contributed by atoms with Gasteiger partial charge in [-0.2, -0.15) is 0 Å². The fourth-order valence-corrected chi connectivity index (χ4v) is 5.31. The lowest BCUT2D eigenvalue weighted by Gasteiger charge is -2.37. The molecule has 2 amide bonds. The van der Waals surface area contributed by atoms with E-state index >= 15 is 0 Å². The summed E-state index contributed by atoms with van der Waals surface area (Å²) in [4.78, 5) is 33.2. The average molecular weight is 455 g/mol. The van der Waals surface area contributed by atoms with E-state index in [1.165, 1.54) is 16.2 Å². The van der Waals surface area contributed by atoms with Crippen LogP contribution in [0.15, 0.2) is 42.5 Å². The van der Waals surface area contributed by atoms with E-state index in [0.29, 0.717) is 19.5 Å². The molecule has 174 valence electrons. The van der Waals surface area contributed by atoms with Crippen molar-refractivity contribution in [3.63, 3.8) is 0 Å². The fourth-order valence-electron chi connectivity index (χ4n) is 4.41. The van der Waals surface area contributed by atoms with E-state index in [4.69, 9.17) is 0 Å². The summed E-state index contributed by atoms with van der Waals surface area (Å²) >= 11 is 1.73. The zero-order valence-electron chi connectivity index (χ0n) is 20.1. The number of thiophene rings is 1. The molecule has 0 unspecified atom stereocenters. The van der Waals surface area contributed by atoms with Crippen molar-refractivity contribution in [1.82, 2.24) is 9.80 Å². The van der Waals surface area contributed by atoms with Crippen LogP contribution in [0.2, 0.25) is 0 Å². The molecule has 0 spiro atoms. The van der Waals surface area contributed by atoms with Crippen molar-refractivity contribution in [2.24, 2.45) is 5.41 Å². The SMILES string of the molecule is Cc1ccc(CN(Cc2ccccc2)C(=O)CN(C(=O)CC(C)(C)C)C2CCCCC2)s1. The summed E-state index contributed by atoms with van der Waals surface area (Å²) in [7, 11) is 0. The first-order chi connectivity index (χ1) is 15.2. The summed E-state index contributed by atoms with van der Waals surface area (Å²) in [5, 5.41) is 0. The third-order valence-electron chi connectivity index (χ3n) is 6.03. The van der Waals surface area contributed by atoms with Crippen LogP contribution in [-0.2, 0) is 22.7 Å². The first-order valence-electron chi connectivity index (χ1n) is 11.9. The molecule has 1 aliphatic rings. The third-order valence-corrected chi connectivity index (χ3v) is 7.02. The Morgan fingerprint density at radius 1 is 0.938 bits per heavy atom. The van der Waals surface area contributed by atoms with Crippen LogP contribution in [0.5, 0.6) is 0 Å². The van der Waals surface area contributed by atoms with Gasteiger partial charge in [-0.25, -0.2) is 0 Å². The Kier molecular flexibility index (Phi) is 8.52. The molecule has 4 nitrogen and oxygen atoms in total. The van der Waals surface area contributed by atoms with E-state index in [0.717, 1.165) is 31.2 Å². The average Bonchev–Trinajstić information content (AvgIpc) is 3.16. The predicted octanol–water partition coefficient (Wildman–Crippen LogP) is 6.18. The minimum Gasteiger partial charge on any atom is -0.332 e. The summed E-state index contributed by atoms with van der Waals surface area (Å²) < 4.78 is 0. The highest BCUT2D eigenvalue weighted by molar-refractivity contribution is 7.11. The molecule has 1 saturated carbocycles. The molecule has 0 bridgehead atoms. The Balaban J connectivity index is 1.79. The van der Waals surface area contributed by atoms with E-state index in [-0.39, 0.29) is 29.8 Å². The van der Waals surface area contributed by atoms with Gasteiger partial charge in [0.25, 0.3) is 0 Å². The van der Waals surface area contributed by atoms with Gasteiger partial charge >= 0.3 is 0 Å². The molecular formula is C27H38N2O2S. The minimum atomic E-state index is -0.0920. The zero-order valence-corrected chi connectivity index (χ0v) is 20.9. The van der Waals surface area contributed by atoms with Crippen molar-refractivity contribution in [1.29, 1.82) is 0 Å². The molecule has 0 radical (unpaired) electrons. The molecule has 32 heavy (non-hydrogen) atoms. The third kappa shape index (κ3) is 7.47. The minimum absolute atomic E-state index is 0.0349. The summed E-state index contributed by atoms with van der Waals surface area (Å²) in [5.74, 6) is 0.150. The van der Waals surface area contributed by atoms with Crippen molar-refractivity contribution in [2.75, 3.05) is 6.54 Å². The molecule has 1 aliphatic carbocycles. The van der Waals surface area contributed by atoms with Gasteiger partial charge in [-0.1, -0.05) is 70.4 Å². The predicted molar refractivity (Wildman–Crippen MR) is 132 cm³/mol. The second-order valence-electron chi connectivity index (χ2n) is 10.3. The molecule has 2 aromatic rings. The number of hydrogen-bond donors (Lipinski definition) is 0. The molecule has 1 aromatic carbocycles. The molecule has 5 heteroatoms. The molecule has 1 fully saturated rings. The monoisotopic (exact) mass is 454 g/mol. The smallest absolute Gasteiger partial charge is 0.242 e. The van der Waals surface area contributed by atoms with Crippen molar-refractivity contribution < 1.29 is 9.59 Å². The molecule has 1 aromatic heterocycles. The Hall–Kier alpha value is -2.14. The van der Waals surface area contributed by atoms with Crippen molar-refractivity contribution in [2.45, 2.75) is 85.4 Å². The number of aryl methyl sites for hydroxylation is 1. The van der Waals surface area contributed by atoms with E-state index in [2.05, 4.69) is 52.0 Å². The summed E-state index contributed by atoms with van der Waals surface area (Å²) in [6.07, 6.45) is 5.99. The maximum absolute atomic E-state index is 13.6. The second kappa shape index (κ2) is 11.1. The summed E-state index contributed by atoms with van der Waals surface area (Å²) in [5.41, 5.74) is 1.02. The van der Waals surface area contributed by atoms with Gasteiger partial charge in [0.2, 0.25) is 11.8 Å². The molecule has 0 N–H and O–H groups in total. The Morgan fingerprint density at radius 3 is 2.22 bits per heavy atom. The van der Waals surface area contributed by atoms with Crippen LogP contribution >= 0.6 is 11.3 Å². The van der Waals surface area contributed by atoms with Gasteiger partial charge in [-0.15, -0.1) is 11.3 Å². The van der Waals surface area contributed by atoms with Gasteiger partial charge in [0, 0.05) is 28.8 Å². The van der Waals surface area contributed by atoms with Crippen molar-refractivity contribution in [3.8, 4) is 0 Å². The standard InChI is InChI=1S/C27H38N2O2S/c1-21-15-16-24(32-21)19-28(18-22-11-7-5-8-12-22)26(31)20-29(23-13-9-6-10-14-23)25(30)17-27(2,3)4/h5,7-8,11-12,15-16,23H,6,9-10,13-14,17-20H2,1-4H3. The summed E-state index contributed by atoms with van der Waals surface area (Å²) in [6, 6.07) is 14.5. The second-order valence-corrected chi connectivity index (χ2v) is 11.7. The number of benzene rings is 1. The van der Waals surface area contributed by atoms with Crippen LogP contribution in [0, 0.1) is 12.3 Å². The largest absolute Gasteiger partial charge is 0.332 e. The molecule has 0 aliphatic heterocycles. The Morgan fingerprint density at radius 2 is 1.62 bits per heavy atom. The van der Waals surface area contributed by atoms with Crippen LogP contribution in [0.25, 0.3) is 0 Å². The van der Waals surface area contributed by atoms with Gasteiger partial charge in [0.1, 0.15) is 6.54 Å². The number of amides is 2. The number of nitrogens with zero attached hydrogens (tertiary/aromatic N) is 2. The van der Waals surface area contributed by atoms with Crippen LogP contribution in [0.1, 0.15) is 74.6 Å². The lowest BCUT2D eigenvalue weighted by atomic mass is 9.89. The normalized spacial score (nSPS) is 14.9. The van der Waals surface area contributed by atoms with E-state index in [1.807, 2.05) is 28.0 Å². The van der Waals surface area contributed by atoms with Gasteiger partial charge in [-0.05, 0) is 42.9 Å². The first-order valence-corrected chi connectivity index (χ1v) is 12.7. The first kappa shape index (κ1) is 24.5. The lowest BCUT2D eigenvalue weighted by Crippen LogP contribution is -2.48. The number of carbonyl (C=O) groups excluding carboxylic acids is 2. The van der Waals surface area contributed by atoms with Crippen LogP contribution in [0.3, 0.4) is 0 Å². The highest BCUT2D eigenvalue weighted by Crippen LogP contribution is 2.27. The number of carbonyl (C=O) groups is 2. The topological polar surface area (TPSA) is 40.6 Å². The number of rotatable bonds is 8. The quantitative estimate of drug-likeness (QED) is 0.478. The number of hydrogen-bond acceptors (Lipinski definition) is 3. The Bertz CT molecular complexity index is 879. The zero-order chi connectivity index (χ0) is 23.1. The fraction of sp³-hybridized carbons (Fsp3) is 0.556. The van der Waals surface area contributed by atoms with Gasteiger partial charge in [0.05, 0.1) is 6.54 Å². The lowest BCUT2D eigenvalue weighted by molar-refractivity contribution is -0.145. The van der Waals surface area contributed by atoms with Crippen LogP contribution < -0.4 is 0 Å². The van der Waals surface area contributed by atoms with Crippen molar-refractivity contribution in [3.05, 3.63) is 57.8 Å². The van der Waals surface area contributed by atoms with E-state index in [1.54, 1.807) is 11.3 Å². The van der Waals surface area contributed by atoms with Crippen LogP contribution in [-0.4, -0.2) is 34.2 Å². The maximum atomic E-state index is 13.6.